The average Bonchev–Trinajstić information content (AvgIpc) is 1.79. The zero-order valence-corrected chi connectivity index (χ0v) is 6.99. The molecule has 3 N–H and O–H groups in total. The molecular weight excluding hydrogens is 152 g/mol. The molecule has 0 spiro atoms. The van der Waals surface area contributed by atoms with E-state index in [1.54, 1.807) is 0 Å². The quantitative estimate of drug-likeness (QED) is 0.531. The van der Waals surface area contributed by atoms with Gasteiger partial charge in [-0.3, -0.25) is 4.79 Å². The molecule has 1 rings (SSSR count). The van der Waals surface area contributed by atoms with Crippen molar-refractivity contribution in [3.8, 4) is 0 Å². The van der Waals surface area contributed by atoms with E-state index in [4.69, 9.17) is 5.73 Å². The topological polar surface area (TPSA) is 55.1 Å². The van der Waals surface area contributed by atoms with Gasteiger partial charge in [0, 0.05) is 5.54 Å². The lowest BCUT2D eigenvalue weighted by Gasteiger charge is -2.15. The molecule has 3 nitrogen and oxygen atoms in total. The Morgan fingerprint density at radius 3 is 2.30 bits per heavy atom. The van der Waals surface area contributed by atoms with E-state index in [1.165, 1.54) is 0 Å². The monoisotopic (exact) mass is 164 g/mol. The van der Waals surface area contributed by atoms with Crippen molar-refractivity contribution in [3.05, 3.63) is 0 Å². The van der Waals surface area contributed by atoms with Crippen molar-refractivity contribution in [3.63, 3.8) is 0 Å². The highest BCUT2D eigenvalue weighted by atomic mass is 35.5. The van der Waals surface area contributed by atoms with Crippen LogP contribution in [0.2, 0.25) is 0 Å². The molecule has 0 aliphatic carbocycles. The highest BCUT2D eigenvalue weighted by Crippen LogP contribution is 2.16. The van der Waals surface area contributed by atoms with E-state index in [2.05, 4.69) is 5.32 Å². The molecule has 0 saturated carbocycles. The minimum Gasteiger partial charge on any atom is -0.350 e. The molecule has 0 radical (unpaired) electrons. The molecule has 10 heavy (non-hydrogen) atoms. The van der Waals surface area contributed by atoms with Crippen LogP contribution in [-0.4, -0.2) is 17.5 Å². The first-order chi connectivity index (χ1) is 4.01. The third kappa shape index (κ3) is 1.85. The molecule has 0 aromatic rings. The van der Waals surface area contributed by atoms with Crippen molar-refractivity contribution in [1.82, 2.24) is 5.32 Å². The van der Waals surface area contributed by atoms with Gasteiger partial charge in [0.05, 0.1) is 6.04 Å². The van der Waals surface area contributed by atoms with Gasteiger partial charge in [0.2, 0.25) is 5.91 Å². The number of rotatable bonds is 0. The van der Waals surface area contributed by atoms with E-state index >= 15 is 0 Å². The van der Waals surface area contributed by atoms with Crippen molar-refractivity contribution >= 4 is 18.3 Å². The van der Waals surface area contributed by atoms with Crippen LogP contribution in [0.15, 0.2) is 0 Å². The van der Waals surface area contributed by atoms with Gasteiger partial charge in [-0.1, -0.05) is 0 Å². The normalized spacial score (nSPS) is 29.1. The molecule has 1 saturated heterocycles. The van der Waals surface area contributed by atoms with Crippen LogP contribution in [0.4, 0.5) is 0 Å². The number of hydrogen-bond acceptors (Lipinski definition) is 2. The molecule has 1 heterocycles. The fraction of sp³-hybridized carbons (Fsp3) is 0.833. The van der Waals surface area contributed by atoms with Gasteiger partial charge in [-0.25, -0.2) is 0 Å². The fourth-order valence-corrected chi connectivity index (χ4v) is 1.12. The Kier molecular flexibility index (Phi) is 2.68. The van der Waals surface area contributed by atoms with Crippen LogP contribution in [0.25, 0.3) is 0 Å². The molecule has 1 atom stereocenters. The summed E-state index contributed by atoms with van der Waals surface area (Å²) in [6, 6.07) is -0.292. The highest BCUT2D eigenvalue weighted by Gasteiger charge is 2.34. The maximum absolute atomic E-state index is 10.8. The van der Waals surface area contributed by atoms with Gasteiger partial charge in [-0.15, -0.1) is 12.4 Å². The third-order valence-electron chi connectivity index (χ3n) is 1.53. The molecule has 1 aliphatic heterocycles. The molecule has 1 aliphatic rings. The fourth-order valence-electron chi connectivity index (χ4n) is 1.12. The second-order valence-electron chi connectivity index (χ2n) is 3.18. The summed E-state index contributed by atoms with van der Waals surface area (Å²) in [4.78, 5) is 10.8. The van der Waals surface area contributed by atoms with E-state index in [1.807, 2.05) is 13.8 Å². The van der Waals surface area contributed by atoms with Gasteiger partial charge >= 0.3 is 0 Å². The Hall–Kier alpha value is -0.280. The number of carbonyl (C=O) groups excluding carboxylic acids is 1. The minimum atomic E-state index is -0.292. The Labute approximate surface area is 66.8 Å². The van der Waals surface area contributed by atoms with Gasteiger partial charge in [0.25, 0.3) is 0 Å². The van der Waals surface area contributed by atoms with Crippen molar-refractivity contribution < 1.29 is 4.79 Å². The Bertz CT molecular complexity index is 147. The van der Waals surface area contributed by atoms with Crippen LogP contribution in [0.5, 0.6) is 0 Å². The molecule has 4 heteroatoms. The van der Waals surface area contributed by atoms with Crippen LogP contribution in [0.1, 0.15) is 20.3 Å². The third-order valence-corrected chi connectivity index (χ3v) is 1.53. The number of nitrogens with two attached hydrogens (primary N) is 1. The summed E-state index contributed by atoms with van der Waals surface area (Å²) in [6.45, 7) is 3.94. The Morgan fingerprint density at radius 1 is 1.70 bits per heavy atom. The van der Waals surface area contributed by atoms with Crippen LogP contribution in [0.3, 0.4) is 0 Å². The zero-order valence-electron chi connectivity index (χ0n) is 6.18. The van der Waals surface area contributed by atoms with E-state index in [0.29, 0.717) is 0 Å². The standard InChI is InChI=1S/C6H12N2O.ClH/c1-6(2)3-4(7)5(9)8-6;/h4H,3,7H2,1-2H3,(H,8,9);1H/t4-;/m1./s1. The maximum atomic E-state index is 10.8. The molecule has 0 aromatic heterocycles. The summed E-state index contributed by atoms with van der Waals surface area (Å²) < 4.78 is 0. The van der Waals surface area contributed by atoms with Gasteiger partial charge < -0.3 is 11.1 Å². The lowest BCUT2D eigenvalue weighted by molar-refractivity contribution is -0.120. The van der Waals surface area contributed by atoms with Gasteiger partial charge in [0.1, 0.15) is 0 Å². The van der Waals surface area contributed by atoms with E-state index < -0.39 is 0 Å². The molecule has 60 valence electrons. The van der Waals surface area contributed by atoms with E-state index in [-0.39, 0.29) is 29.9 Å². The van der Waals surface area contributed by atoms with Crippen molar-refractivity contribution in [2.24, 2.45) is 5.73 Å². The summed E-state index contributed by atoms with van der Waals surface area (Å²) in [5, 5.41) is 2.78. The van der Waals surface area contributed by atoms with Crippen molar-refractivity contribution in [2.45, 2.75) is 31.8 Å². The molecule has 0 bridgehead atoms. The number of halogens is 1. The van der Waals surface area contributed by atoms with Gasteiger partial charge in [0.15, 0.2) is 0 Å². The van der Waals surface area contributed by atoms with Crippen molar-refractivity contribution in [2.75, 3.05) is 0 Å². The van der Waals surface area contributed by atoms with Gasteiger partial charge in [-0.05, 0) is 20.3 Å². The highest BCUT2D eigenvalue weighted by molar-refractivity contribution is 5.85. The Balaban J connectivity index is 0.000000810. The Morgan fingerprint density at radius 2 is 2.20 bits per heavy atom. The predicted octanol–water partition coefficient (Wildman–Crippen LogP) is 0.0340. The summed E-state index contributed by atoms with van der Waals surface area (Å²) >= 11 is 0. The number of carbonyl (C=O) groups is 1. The summed E-state index contributed by atoms with van der Waals surface area (Å²) in [6.07, 6.45) is 0.742. The molecular formula is C6H13ClN2O. The summed E-state index contributed by atoms with van der Waals surface area (Å²) in [7, 11) is 0. The first-order valence-corrected chi connectivity index (χ1v) is 3.09. The first kappa shape index (κ1) is 9.72. The summed E-state index contributed by atoms with van der Waals surface area (Å²) in [5.41, 5.74) is 5.36. The second-order valence-corrected chi connectivity index (χ2v) is 3.18. The predicted molar refractivity (Wildman–Crippen MR) is 42.1 cm³/mol. The zero-order chi connectivity index (χ0) is 7.07. The lowest BCUT2D eigenvalue weighted by Crippen LogP contribution is -2.35. The number of amides is 1. The first-order valence-electron chi connectivity index (χ1n) is 3.09. The van der Waals surface area contributed by atoms with E-state index in [9.17, 15) is 4.79 Å². The number of hydrogen-bond donors (Lipinski definition) is 2. The van der Waals surface area contributed by atoms with E-state index in [0.717, 1.165) is 6.42 Å². The molecule has 1 amide bonds. The van der Waals surface area contributed by atoms with Crippen LogP contribution < -0.4 is 11.1 Å². The smallest absolute Gasteiger partial charge is 0.237 e. The van der Waals surface area contributed by atoms with Crippen LogP contribution in [-0.2, 0) is 4.79 Å². The molecule has 0 unspecified atom stereocenters. The minimum absolute atomic E-state index is 0. The van der Waals surface area contributed by atoms with Crippen LogP contribution >= 0.6 is 12.4 Å². The number of nitrogens with one attached hydrogen (secondary N) is 1. The molecule has 1 fully saturated rings. The van der Waals surface area contributed by atoms with Crippen LogP contribution in [0, 0.1) is 0 Å². The second kappa shape index (κ2) is 2.76. The largest absolute Gasteiger partial charge is 0.350 e. The summed E-state index contributed by atoms with van der Waals surface area (Å²) in [5.74, 6) is -0.0278. The lowest BCUT2D eigenvalue weighted by atomic mass is 10.0. The van der Waals surface area contributed by atoms with Crippen molar-refractivity contribution in [1.29, 1.82) is 0 Å². The maximum Gasteiger partial charge on any atom is 0.237 e. The molecule has 0 aromatic carbocycles. The van der Waals surface area contributed by atoms with Gasteiger partial charge in [-0.2, -0.15) is 0 Å². The SMILES string of the molecule is CC1(C)C[C@@H](N)C(=O)N1.Cl. The average molecular weight is 165 g/mol.